The van der Waals surface area contributed by atoms with Crippen LogP contribution in [0.15, 0.2) is 60.9 Å². The van der Waals surface area contributed by atoms with Crippen LogP contribution in [-0.2, 0) is 0 Å². The maximum absolute atomic E-state index is 10.5. The van der Waals surface area contributed by atoms with E-state index in [1.165, 1.54) is 11.1 Å². The van der Waals surface area contributed by atoms with E-state index in [0.717, 1.165) is 64.0 Å². The molecule has 4 heterocycles. The number of hydrogen-bond acceptors (Lipinski definition) is 10. The molecule has 0 aliphatic carbocycles. The van der Waals surface area contributed by atoms with E-state index in [4.69, 9.17) is 9.47 Å². The number of anilines is 2. The molecular formula is C32H44N6O4. The van der Waals surface area contributed by atoms with Gasteiger partial charge in [-0.05, 0) is 73.5 Å². The minimum atomic E-state index is -0.574. The summed E-state index contributed by atoms with van der Waals surface area (Å²) in [5, 5.41) is 21.1. The molecule has 2 fully saturated rings. The summed E-state index contributed by atoms with van der Waals surface area (Å²) in [6.45, 7) is 12.9. The first-order chi connectivity index (χ1) is 20.4. The van der Waals surface area contributed by atoms with Gasteiger partial charge >= 0.3 is 0 Å². The summed E-state index contributed by atoms with van der Waals surface area (Å²) < 4.78 is 11.6. The SMILES string of the molecule is Cc1ccnc(N2CCN(C[C@H](O)COc3ccc(OC[C@H](O)CN4CCN(c5cc(C)ccn5)CC4)cc3)CC2)c1. The molecule has 2 N–H and O–H groups in total. The maximum atomic E-state index is 10.5. The number of β-amino-alcohol motifs (C(OH)–C–C–N with tert-alkyl or cyclic N) is 2. The fourth-order valence-electron chi connectivity index (χ4n) is 5.42. The van der Waals surface area contributed by atoms with E-state index in [1.54, 1.807) is 0 Å². The van der Waals surface area contributed by atoms with Crippen LogP contribution in [0, 0.1) is 13.8 Å². The third-order valence-electron chi connectivity index (χ3n) is 7.84. The normalized spacial score (nSPS) is 18.1. The third kappa shape index (κ3) is 8.78. The summed E-state index contributed by atoms with van der Waals surface area (Å²) >= 11 is 0. The fourth-order valence-corrected chi connectivity index (χ4v) is 5.42. The predicted octanol–water partition coefficient (Wildman–Crippen LogP) is 2.22. The van der Waals surface area contributed by atoms with Crippen LogP contribution in [0.4, 0.5) is 11.6 Å². The molecule has 42 heavy (non-hydrogen) atoms. The molecule has 226 valence electrons. The van der Waals surface area contributed by atoms with Crippen LogP contribution in [0.25, 0.3) is 0 Å². The van der Waals surface area contributed by atoms with E-state index in [1.807, 2.05) is 48.8 Å². The molecular weight excluding hydrogens is 532 g/mol. The molecule has 0 spiro atoms. The van der Waals surface area contributed by atoms with Gasteiger partial charge in [-0.1, -0.05) is 0 Å². The first-order valence-electron chi connectivity index (χ1n) is 14.9. The molecule has 0 saturated carbocycles. The second-order valence-electron chi connectivity index (χ2n) is 11.4. The molecule has 0 radical (unpaired) electrons. The summed E-state index contributed by atoms with van der Waals surface area (Å²) in [6.07, 6.45) is 2.56. The third-order valence-corrected chi connectivity index (χ3v) is 7.84. The standard InChI is InChI=1S/C32H44N6O4/c1-25-7-9-33-31(19-25)37-15-11-35(12-16-37)21-27(39)23-41-29-3-5-30(6-4-29)42-24-28(40)22-36-13-17-38(18-14-36)32-20-26(2)8-10-34-32/h3-10,19-20,27-28,39-40H,11-18,21-24H2,1-2H3/t27-,28+. The number of hydrogen-bond donors (Lipinski definition) is 2. The van der Waals surface area contributed by atoms with Crippen molar-refractivity contribution in [3.8, 4) is 11.5 Å². The van der Waals surface area contributed by atoms with E-state index in [-0.39, 0.29) is 13.2 Å². The Kier molecular flexibility index (Phi) is 10.5. The van der Waals surface area contributed by atoms with E-state index in [2.05, 4.69) is 55.5 Å². The quantitative estimate of drug-likeness (QED) is 0.334. The van der Waals surface area contributed by atoms with E-state index >= 15 is 0 Å². The Bertz CT molecular complexity index is 1150. The fraction of sp³-hybridized carbons (Fsp3) is 0.500. The second kappa shape index (κ2) is 14.6. The number of aromatic nitrogens is 2. The summed E-state index contributed by atoms with van der Waals surface area (Å²) in [5.41, 5.74) is 2.43. The van der Waals surface area contributed by atoms with Gasteiger partial charge in [0.2, 0.25) is 0 Å². The molecule has 2 atom stereocenters. The molecule has 2 aromatic heterocycles. The van der Waals surface area contributed by atoms with Crippen LogP contribution in [0.5, 0.6) is 11.5 Å². The lowest BCUT2D eigenvalue weighted by atomic mass is 10.2. The number of nitrogens with zero attached hydrogens (tertiary/aromatic N) is 6. The maximum Gasteiger partial charge on any atom is 0.128 e. The molecule has 10 heteroatoms. The lowest BCUT2D eigenvalue weighted by Gasteiger charge is -2.36. The molecule has 5 rings (SSSR count). The number of pyridine rings is 2. The Morgan fingerprint density at radius 2 is 1.00 bits per heavy atom. The van der Waals surface area contributed by atoms with Crippen molar-refractivity contribution in [2.45, 2.75) is 26.1 Å². The smallest absolute Gasteiger partial charge is 0.128 e. The van der Waals surface area contributed by atoms with Crippen LogP contribution >= 0.6 is 0 Å². The average Bonchev–Trinajstić information content (AvgIpc) is 3.00. The molecule has 0 amide bonds. The number of rotatable bonds is 12. The summed E-state index contributed by atoms with van der Waals surface area (Å²) in [7, 11) is 0. The highest BCUT2D eigenvalue weighted by Crippen LogP contribution is 2.19. The molecule has 2 aliphatic heterocycles. The number of piperazine rings is 2. The van der Waals surface area contributed by atoms with E-state index < -0.39 is 12.2 Å². The largest absolute Gasteiger partial charge is 0.491 e. The zero-order chi connectivity index (χ0) is 29.3. The second-order valence-corrected chi connectivity index (χ2v) is 11.4. The topological polar surface area (TPSA) is 97.7 Å². The number of benzene rings is 1. The van der Waals surface area contributed by atoms with Gasteiger partial charge in [0, 0.05) is 77.8 Å². The van der Waals surface area contributed by atoms with Gasteiger partial charge in [-0.2, -0.15) is 0 Å². The number of ether oxygens (including phenoxy) is 2. The molecule has 1 aromatic carbocycles. The van der Waals surface area contributed by atoms with E-state index in [0.29, 0.717) is 24.6 Å². The number of aliphatic hydroxyl groups is 2. The zero-order valence-corrected chi connectivity index (χ0v) is 24.8. The van der Waals surface area contributed by atoms with Crippen LogP contribution < -0.4 is 19.3 Å². The van der Waals surface area contributed by atoms with Crippen molar-refractivity contribution in [3.05, 3.63) is 72.1 Å². The Morgan fingerprint density at radius 1 is 0.619 bits per heavy atom. The van der Waals surface area contributed by atoms with Crippen LogP contribution in [0.2, 0.25) is 0 Å². The Morgan fingerprint density at radius 3 is 1.36 bits per heavy atom. The van der Waals surface area contributed by atoms with Crippen molar-refractivity contribution in [2.24, 2.45) is 0 Å². The highest BCUT2D eigenvalue weighted by atomic mass is 16.5. The zero-order valence-electron chi connectivity index (χ0n) is 24.8. The minimum Gasteiger partial charge on any atom is -0.491 e. The van der Waals surface area contributed by atoms with Gasteiger partial charge in [0.1, 0.15) is 48.6 Å². The highest BCUT2D eigenvalue weighted by molar-refractivity contribution is 5.42. The van der Waals surface area contributed by atoms with Crippen molar-refractivity contribution >= 4 is 11.6 Å². The summed E-state index contributed by atoms with van der Waals surface area (Å²) in [4.78, 5) is 18.1. The monoisotopic (exact) mass is 576 g/mol. The summed E-state index contributed by atoms with van der Waals surface area (Å²) in [5.74, 6) is 3.40. The Balaban J connectivity index is 0.956. The lowest BCUT2D eigenvalue weighted by molar-refractivity contribution is 0.0649. The van der Waals surface area contributed by atoms with Gasteiger partial charge in [-0.15, -0.1) is 0 Å². The van der Waals surface area contributed by atoms with Crippen molar-refractivity contribution in [3.63, 3.8) is 0 Å². The van der Waals surface area contributed by atoms with Gasteiger partial charge in [0.15, 0.2) is 0 Å². The van der Waals surface area contributed by atoms with Crippen LogP contribution in [0.3, 0.4) is 0 Å². The van der Waals surface area contributed by atoms with Gasteiger partial charge in [0.25, 0.3) is 0 Å². The first kappa shape index (κ1) is 30.0. The molecule has 0 unspecified atom stereocenters. The first-order valence-corrected chi connectivity index (χ1v) is 14.9. The Labute approximate surface area is 249 Å². The molecule has 10 nitrogen and oxygen atoms in total. The summed E-state index contributed by atoms with van der Waals surface area (Å²) in [6, 6.07) is 15.6. The van der Waals surface area contributed by atoms with Crippen LogP contribution in [-0.4, -0.2) is 121 Å². The average molecular weight is 577 g/mol. The van der Waals surface area contributed by atoms with E-state index in [9.17, 15) is 10.2 Å². The van der Waals surface area contributed by atoms with Crippen molar-refractivity contribution in [2.75, 3.05) is 88.5 Å². The minimum absolute atomic E-state index is 0.228. The molecule has 2 aliphatic rings. The van der Waals surface area contributed by atoms with Gasteiger partial charge < -0.3 is 29.5 Å². The van der Waals surface area contributed by atoms with Crippen molar-refractivity contribution in [1.29, 1.82) is 0 Å². The molecule has 3 aromatic rings. The molecule has 2 saturated heterocycles. The molecule has 0 bridgehead atoms. The van der Waals surface area contributed by atoms with Crippen molar-refractivity contribution in [1.82, 2.24) is 19.8 Å². The number of aryl methyl sites for hydroxylation is 2. The van der Waals surface area contributed by atoms with Crippen molar-refractivity contribution < 1.29 is 19.7 Å². The van der Waals surface area contributed by atoms with Crippen LogP contribution in [0.1, 0.15) is 11.1 Å². The number of aliphatic hydroxyl groups excluding tert-OH is 2. The Hall–Kier alpha value is -3.44. The van der Waals surface area contributed by atoms with Gasteiger partial charge in [-0.3, -0.25) is 9.80 Å². The van der Waals surface area contributed by atoms with Gasteiger partial charge in [-0.25, -0.2) is 9.97 Å². The lowest BCUT2D eigenvalue weighted by Crippen LogP contribution is -2.49. The van der Waals surface area contributed by atoms with Gasteiger partial charge in [0.05, 0.1) is 0 Å². The predicted molar refractivity (Wildman–Crippen MR) is 165 cm³/mol. The highest BCUT2D eigenvalue weighted by Gasteiger charge is 2.22.